The van der Waals surface area contributed by atoms with E-state index < -0.39 is 0 Å². The molecule has 1 nitrogen and oxygen atoms in total. The van der Waals surface area contributed by atoms with E-state index in [1.807, 2.05) is 11.3 Å². The van der Waals surface area contributed by atoms with E-state index in [1.54, 1.807) is 16.2 Å². The van der Waals surface area contributed by atoms with E-state index in [0.717, 1.165) is 0 Å². The predicted molar refractivity (Wildman–Crippen MR) is 85.4 cm³/mol. The third-order valence-electron chi connectivity index (χ3n) is 3.85. The number of hydrogen-bond acceptors (Lipinski definition) is 3. The van der Waals surface area contributed by atoms with Crippen LogP contribution < -0.4 is 5.32 Å². The number of hydrogen-bond donors (Lipinski definition) is 1. The quantitative estimate of drug-likeness (QED) is 0.660. The summed E-state index contributed by atoms with van der Waals surface area (Å²) in [4.78, 5) is 1.57. The fourth-order valence-electron chi connectivity index (χ4n) is 2.89. The second kappa shape index (κ2) is 4.66. The van der Waals surface area contributed by atoms with Crippen molar-refractivity contribution in [3.05, 3.63) is 51.5 Å². The van der Waals surface area contributed by atoms with Gasteiger partial charge >= 0.3 is 0 Å². The summed E-state index contributed by atoms with van der Waals surface area (Å²) in [5.74, 6) is 0. The minimum Gasteiger partial charge on any atom is -0.378 e. The summed E-state index contributed by atoms with van der Waals surface area (Å²) < 4.78 is 1.37. The lowest BCUT2D eigenvalue weighted by Crippen LogP contribution is -2.15. The Kier molecular flexibility index (Phi) is 2.82. The zero-order chi connectivity index (χ0) is 12.7. The minimum atomic E-state index is 0.492. The van der Waals surface area contributed by atoms with Crippen molar-refractivity contribution in [2.24, 2.45) is 0 Å². The second-order valence-corrected chi connectivity index (χ2v) is 7.01. The van der Waals surface area contributed by atoms with Gasteiger partial charge in [0.2, 0.25) is 0 Å². The van der Waals surface area contributed by atoms with Gasteiger partial charge in [-0.25, -0.2) is 0 Å². The summed E-state index contributed by atoms with van der Waals surface area (Å²) in [7, 11) is 0. The summed E-state index contributed by atoms with van der Waals surface area (Å²) in [5, 5.41) is 9.45. The van der Waals surface area contributed by atoms with E-state index in [0.29, 0.717) is 6.04 Å². The van der Waals surface area contributed by atoms with Gasteiger partial charge in [-0.1, -0.05) is 0 Å². The maximum Gasteiger partial charge on any atom is 0.0524 e. The highest BCUT2D eigenvalue weighted by Crippen LogP contribution is 2.36. The number of fused-ring (bicyclic) bond motifs is 2. The molecular weight excluding hydrogens is 270 g/mol. The molecule has 19 heavy (non-hydrogen) atoms. The average molecular weight is 285 g/mol. The van der Waals surface area contributed by atoms with Crippen LogP contribution in [0.15, 0.2) is 41.1 Å². The normalized spacial score (nSPS) is 18.4. The zero-order valence-electron chi connectivity index (χ0n) is 10.6. The molecule has 2 heterocycles. The van der Waals surface area contributed by atoms with Gasteiger partial charge in [-0.05, 0) is 71.3 Å². The fraction of sp³-hybridized carbons (Fsp3) is 0.250. The Morgan fingerprint density at radius 2 is 2.00 bits per heavy atom. The molecule has 2 aromatic heterocycles. The van der Waals surface area contributed by atoms with Crippen molar-refractivity contribution in [2.45, 2.75) is 25.3 Å². The van der Waals surface area contributed by atoms with E-state index in [4.69, 9.17) is 0 Å². The lowest BCUT2D eigenvalue weighted by atomic mass is 9.94. The molecule has 4 rings (SSSR count). The lowest BCUT2D eigenvalue weighted by molar-refractivity contribution is 0.609. The van der Waals surface area contributed by atoms with Crippen LogP contribution in [0.4, 0.5) is 5.69 Å². The maximum absolute atomic E-state index is 3.72. The summed E-state index contributed by atoms with van der Waals surface area (Å²) in [5.41, 5.74) is 2.76. The van der Waals surface area contributed by atoms with Crippen LogP contribution in [0.1, 0.15) is 29.3 Å². The SMILES string of the molecule is c1cc2c(s1)CCCC2Nc1ccc2sccc2c1. The zero-order valence-corrected chi connectivity index (χ0v) is 12.2. The van der Waals surface area contributed by atoms with Gasteiger partial charge in [0.25, 0.3) is 0 Å². The van der Waals surface area contributed by atoms with Gasteiger partial charge in [-0.3, -0.25) is 0 Å². The van der Waals surface area contributed by atoms with Gasteiger partial charge in [-0.2, -0.15) is 0 Å². The molecule has 0 radical (unpaired) electrons. The number of aryl methyl sites for hydroxylation is 1. The molecule has 3 heteroatoms. The second-order valence-electron chi connectivity index (χ2n) is 5.06. The highest BCUT2D eigenvalue weighted by atomic mass is 32.1. The third-order valence-corrected chi connectivity index (χ3v) is 5.74. The summed E-state index contributed by atoms with van der Waals surface area (Å²) >= 11 is 3.71. The van der Waals surface area contributed by atoms with E-state index in [1.165, 1.54) is 40.6 Å². The van der Waals surface area contributed by atoms with Crippen molar-refractivity contribution in [3.63, 3.8) is 0 Å². The molecule has 0 spiro atoms. The Morgan fingerprint density at radius 1 is 1.05 bits per heavy atom. The first-order valence-corrected chi connectivity index (χ1v) is 8.46. The number of rotatable bonds is 2. The molecule has 1 aromatic carbocycles. The molecule has 96 valence electrons. The third kappa shape index (κ3) is 2.07. The smallest absolute Gasteiger partial charge is 0.0524 e. The molecule has 0 saturated carbocycles. The largest absolute Gasteiger partial charge is 0.378 e. The van der Waals surface area contributed by atoms with Gasteiger partial charge in [0.05, 0.1) is 6.04 Å². The monoisotopic (exact) mass is 285 g/mol. The molecule has 0 fully saturated rings. The van der Waals surface area contributed by atoms with Gasteiger partial charge in [0.15, 0.2) is 0 Å². The molecule has 1 aliphatic rings. The van der Waals surface area contributed by atoms with Crippen molar-refractivity contribution in [2.75, 3.05) is 5.32 Å². The van der Waals surface area contributed by atoms with Crippen molar-refractivity contribution in [1.29, 1.82) is 0 Å². The Balaban J connectivity index is 1.65. The van der Waals surface area contributed by atoms with Gasteiger partial charge in [0, 0.05) is 15.3 Å². The predicted octanol–water partition coefficient (Wildman–Crippen LogP) is 5.45. The maximum atomic E-state index is 3.72. The first kappa shape index (κ1) is 11.5. The molecule has 0 bridgehead atoms. The van der Waals surface area contributed by atoms with E-state index in [-0.39, 0.29) is 0 Å². The Hall–Kier alpha value is -1.32. The van der Waals surface area contributed by atoms with E-state index >= 15 is 0 Å². The molecular formula is C16H15NS2. The molecule has 0 saturated heterocycles. The number of benzene rings is 1. The van der Waals surface area contributed by atoms with Crippen LogP contribution in [0.3, 0.4) is 0 Å². The molecule has 1 unspecified atom stereocenters. The van der Waals surface area contributed by atoms with Crippen LogP contribution in [0.2, 0.25) is 0 Å². The highest BCUT2D eigenvalue weighted by molar-refractivity contribution is 7.17. The summed E-state index contributed by atoms with van der Waals surface area (Å²) in [6.07, 6.45) is 3.80. The van der Waals surface area contributed by atoms with Gasteiger partial charge in [-0.15, -0.1) is 22.7 Å². The number of thiophene rings is 2. The summed E-state index contributed by atoms with van der Waals surface area (Å²) in [6, 6.07) is 11.7. The Morgan fingerprint density at radius 3 is 3.00 bits per heavy atom. The first-order valence-electron chi connectivity index (χ1n) is 6.70. The van der Waals surface area contributed by atoms with Crippen LogP contribution in [0.25, 0.3) is 10.1 Å². The standard InChI is InChI=1S/C16H15NS2/c1-2-14(13-7-9-19-16(13)3-1)17-12-4-5-15-11(10-12)6-8-18-15/h4-10,14,17H,1-3H2. The molecule has 1 N–H and O–H groups in total. The van der Waals surface area contributed by atoms with Crippen LogP contribution in [0.5, 0.6) is 0 Å². The number of nitrogens with one attached hydrogen (secondary N) is 1. The molecule has 1 aliphatic carbocycles. The van der Waals surface area contributed by atoms with Crippen LogP contribution in [-0.2, 0) is 6.42 Å². The van der Waals surface area contributed by atoms with Crippen LogP contribution in [0, 0.1) is 0 Å². The van der Waals surface area contributed by atoms with Crippen molar-refractivity contribution < 1.29 is 0 Å². The van der Waals surface area contributed by atoms with E-state index in [2.05, 4.69) is 46.4 Å². The molecule has 0 aliphatic heterocycles. The molecule has 1 atom stereocenters. The highest BCUT2D eigenvalue weighted by Gasteiger charge is 2.20. The van der Waals surface area contributed by atoms with Crippen molar-refractivity contribution >= 4 is 38.4 Å². The first-order chi connectivity index (χ1) is 9.40. The topological polar surface area (TPSA) is 12.0 Å². The van der Waals surface area contributed by atoms with Crippen molar-refractivity contribution in [1.82, 2.24) is 0 Å². The Labute approximate surface area is 120 Å². The van der Waals surface area contributed by atoms with Crippen LogP contribution >= 0.6 is 22.7 Å². The Bertz CT molecular complexity index is 710. The summed E-state index contributed by atoms with van der Waals surface area (Å²) in [6.45, 7) is 0. The fourth-order valence-corrected chi connectivity index (χ4v) is 4.65. The van der Waals surface area contributed by atoms with Gasteiger partial charge in [0.1, 0.15) is 0 Å². The molecule has 3 aromatic rings. The van der Waals surface area contributed by atoms with Crippen LogP contribution in [-0.4, -0.2) is 0 Å². The average Bonchev–Trinajstić information content (AvgIpc) is 3.06. The van der Waals surface area contributed by atoms with Crippen molar-refractivity contribution in [3.8, 4) is 0 Å². The van der Waals surface area contributed by atoms with E-state index in [9.17, 15) is 0 Å². The lowest BCUT2D eigenvalue weighted by Gasteiger charge is -2.24. The van der Waals surface area contributed by atoms with Gasteiger partial charge < -0.3 is 5.32 Å². The minimum absolute atomic E-state index is 0.492. The number of anilines is 1. The molecule has 0 amide bonds.